The number of hydrogen-bond acceptors (Lipinski definition) is 3. The molecule has 0 aliphatic heterocycles. The van der Waals surface area contributed by atoms with Gasteiger partial charge in [-0.15, -0.1) is 0 Å². The van der Waals surface area contributed by atoms with Gasteiger partial charge in [-0.1, -0.05) is 32.0 Å². The maximum atomic E-state index is 14.3. The number of nitrogens with zero attached hydrogens (tertiary/aromatic N) is 3. The number of rotatable bonds is 3. The van der Waals surface area contributed by atoms with Crippen molar-refractivity contribution in [3.05, 3.63) is 72.4 Å². The number of fused-ring (bicyclic) bond motifs is 1. The first-order valence-corrected chi connectivity index (χ1v) is 8.45. The van der Waals surface area contributed by atoms with Crippen molar-refractivity contribution in [2.24, 2.45) is 0 Å². The van der Waals surface area contributed by atoms with Gasteiger partial charge in [-0.05, 0) is 29.7 Å². The monoisotopic (exact) mass is 347 g/mol. The minimum absolute atomic E-state index is 0.104. The fourth-order valence-corrected chi connectivity index (χ4v) is 3.01. The molecule has 0 amide bonds. The van der Waals surface area contributed by atoms with Gasteiger partial charge in [0.15, 0.2) is 5.65 Å². The Hall–Kier alpha value is -3.21. The fourth-order valence-electron chi connectivity index (χ4n) is 3.01. The molecule has 0 unspecified atom stereocenters. The Morgan fingerprint density at radius 3 is 2.65 bits per heavy atom. The third kappa shape index (κ3) is 2.81. The molecule has 0 saturated heterocycles. The number of hydrogen-bond donors (Lipinski definition) is 1. The van der Waals surface area contributed by atoms with E-state index in [9.17, 15) is 9.50 Å². The van der Waals surface area contributed by atoms with E-state index in [0.717, 1.165) is 17.3 Å². The van der Waals surface area contributed by atoms with E-state index in [1.165, 1.54) is 11.6 Å². The normalized spacial score (nSPS) is 11.4. The number of phenols is 1. The molecule has 0 atom stereocenters. The molecule has 4 nitrogen and oxygen atoms in total. The van der Waals surface area contributed by atoms with Gasteiger partial charge >= 0.3 is 0 Å². The lowest BCUT2D eigenvalue weighted by molar-refractivity contribution is 0.469. The molecule has 0 bridgehead atoms. The smallest absolute Gasteiger partial charge is 0.155 e. The van der Waals surface area contributed by atoms with E-state index in [1.807, 2.05) is 22.7 Å². The molecule has 2 aromatic carbocycles. The molecule has 0 saturated carbocycles. The Kier molecular flexibility index (Phi) is 3.92. The summed E-state index contributed by atoms with van der Waals surface area (Å²) in [4.78, 5) is 8.81. The lowest BCUT2D eigenvalue weighted by atomic mass is 10.00. The van der Waals surface area contributed by atoms with Gasteiger partial charge in [0.25, 0.3) is 0 Å². The maximum absolute atomic E-state index is 14.3. The molecule has 5 heteroatoms. The predicted octanol–water partition coefficient (Wildman–Crippen LogP) is 5.03. The summed E-state index contributed by atoms with van der Waals surface area (Å²) in [6.07, 6.45) is 5.16. The number of aromatic nitrogens is 3. The van der Waals surface area contributed by atoms with Crippen LogP contribution < -0.4 is 0 Å². The summed E-state index contributed by atoms with van der Waals surface area (Å²) in [6, 6.07) is 12.4. The van der Waals surface area contributed by atoms with Gasteiger partial charge in [-0.25, -0.2) is 9.37 Å². The average Bonchev–Trinajstić information content (AvgIpc) is 3.05. The Labute approximate surface area is 150 Å². The molecule has 130 valence electrons. The van der Waals surface area contributed by atoms with Crippen LogP contribution in [0.4, 0.5) is 4.39 Å². The third-order valence-corrected chi connectivity index (χ3v) is 4.47. The molecule has 4 aromatic rings. The topological polar surface area (TPSA) is 50.4 Å². The van der Waals surface area contributed by atoms with Crippen LogP contribution in [0.2, 0.25) is 0 Å². The summed E-state index contributed by atoms with van der Waals surface area (Å²) in [5.74, 6) is -0.173. The molecule has 0 aliphatic carbocycles. The summed E-state index contributed by atoms with van der Waals surface area (Å²) in [5, 5.41) is 9.44. The standard InChI is InChI=1S/C21H18FN3O/c1-13(2)14-4-3-5-15(8-14)19-12-25-20(10-24-21(25)11-23-19)17-7-6-16(26)9-18(17)22/h3-13,26H,1-2H3. The second-order valence-electron chi connectivity index (χ2n) is 6.59. The van der Waals surface area contributed by atoms with E-state index in [0.29, 0.717) is 22.8 Å². The van der Waals surface area contributed by atoms with Crippen LogP contribution in [0.3, 0.4) is 0 Å². The highest BCUT2D eigenvalue weighted by Gasteiger charge is 2.13. The Bertz CT molecular complexity index is 1100. The highest BCUT2D eigenvalue weighted by molar-refractivity contribution is 5.67. The molecule has 0 radical (unpaired) electrons. The summed E-state index contributed by atoms with van der Waals surface area (Å²) in [7, 11) is 0. The second kappa shape index (κ2) is 6.26. The molecule has 2 heterocycles. The Morgan fingerprint density at radius 2 is 1.88 bits per heavy atom. The highest BCUT2D eigenvalue weighted by Crippen LogP contribution is 2.28. The number of benzene rings is 2. The van der Waals surface area contributed by atoms with Crippen LogP contribution in [-0.4, -0.2) is 19.5 Å². The molecular formula is C21H18FN3O. The Balaban J connectivity index is 1.86. The molecule has 1 N–H and O–H groups in total. The number of phenolic OH excluding ortho intramolecular Hbond substituents is 1. The van der Waals surface area contributed by atoms with Crippen LogP contribution in [0.1, 0.15) is 25.3 Å². The second-order valence-corrected chi connectivity index (χ2v) is 6.59. The van der Waals surface area contributed by atoms with Crippen LogP contribution in [0.15, 0.2) is 61.1 Å². The summed E-state index contributed by atoms with van der Waals surface area (Å²) in [6.45, 7) is 4.30. The summed E-state index contributed by atoms with van der Waals surface area (Å²) >= 11 is 0. The zero-order valence-electron chi connectivity index (χ0n) is 14.5. The van der Waals surface area contributed by atoms with E-state index >= 15 is 0 Å². The first-order valence-electron chi connectivity index (χ1n) is 8.45. The first-order chi connectivity index (χ1) is 12.5. The quantitative estimate of drug-likeness (QED) is 0.565. The molecule has 0 aliphatic rings. The fraction of sp³-hybridized carbons (Fsp3) is 0.143. The minimum atomic E-state index is -0.494. The largest absolute Gasteiger partial charge is 0.508 e. The molecule has 26 heavy (non-hydrogen) atoms. The van der Waals surface area contributed by atoms with Crippen molar-refractivity contribution >= 4 is 5.65 Å². The zero-order valence-corrected chi connectivity index (χ0v) is 14.5. The van der Waals surface area contributed by atoms with E-state index < -0.39 is 5.82 Å². The van der Waals surface area contributed by atoms with Crippen molar-refractivity contribution in [1.29, 1.82) is 0 Å². The lowest BCUT2D eigenvalue weighted by Crippen LogP contribution is -1.95. The van der Waals surface area contributed by atoms with E-state index in [-0.39, 0.29) is 5.75 Å². The predicted molar refractivity (Wildman–Crippen MR) is 99.6 cm³/mol. The summed E-state index contributed by atoms with van der Waals surface area (Å²) in [5.41, 5.74) is 4.66. The first kappa shape index (κ1) is 16.3. The van der Waals surface area contributed by atoms with Crippen molar-refractivity contribution in [3.63, 3.8) is 0 Å². The van der Waals surface area contributed by atoms with E-state index in [4.69, 9.17) is 0 Å². The van der Waals surface area contributed by atoms with Gasteiger partial charge in [-0.2, -0.15) is 0 Å². The SMILES string of the molecule is CC(C)c1cccc(-c2cn3c(-c4ccc(O)cc4F)cnc3cn2)c1. The van der Waals surface area contributed by atoms with Crippen molar-refractivity contribution in [3.8, 4) is 28.3 Å². The molecule has 2 aromatic heterocycles. The minimum Gasteiger partial charge on any atom is -0.508 e. The third-order valence-electron chi connectivity index (χ3n) is 4.47. The van der Waals surface area contributed by atoms with Crippen LogP contribution in [-0.2, 0) is 0 Å². The molecular weight excluding hydrogens is 329 g/mol. The van der Waals surface area contributed by atoms with Crippen LogP contribution in [0, 0.1) is 5.82 Å². The van der Waals surface area contributed by atoms with E-state index in [1.54, 1.807) is 18.5 Å². The number of halogens is 1. The van der Waals surface area contributed by atoms with Gasteiger partial charge in [0.05, 0.1) is 23.8 Å². The highest BCUT2D eigenvalue weighted by atomic mass is 19.1. The van der Waals surface area contributed by atoms with Crippen LogP contribution in [0.5, 0.6) is 5.75 Å². The zero-order chi connectivity index (χ0) is 18.3. The van der Waals surface area contributed by atoms with Gasteiger partial charge in [0, 0.05) is 23.4 Å². The van der Waals surface area contributed by atoms with Gasteiger partial charge in [0.1, 0.15) is 11.6 Å². The molecule has 0 fully saturated rings. The van der Waals surface area contributed by atoms with E-state index in [2.05, 4.69) is 35.9 Å². The Morgan fingerprint density at radius 1 is 1.04 bits per heavy atom. The average molecular weight is 347 g/mol. The van der Waals surface area contributed by atoms with Crippen molar-refractivity contribution < 1.29 is 9.50 Å². The van der Waals surface area contributed by atoms with Gasteiger partial charge in [0.2, 0.25) is 0 Å². The van der Waals surface area contributed by atoms with Crippen molar-refractivity contribution in [2.45, 2.75) is 19.8 Å². The summed E-state index contributed by atoms with van der Waals surface area (Å²) < 4.78 is 16.1. The van der Waals surface area contributed by atoms with Crippen LogP contribution >= 0.6 is 0 Å². The van der Waals surface area contributed by atoms with Gasteiger partial charge in [-0.3, -0.25) is 9.38 Å². The number of imidazole rings is 1. The van der Waals surface area contributed by atoms with Crippen molar-refractivity contribution in [1.82, 2.24) is 14.4 Å². The molecule has 4 rings (SSSR count). The van der Waals surface area contributed by atoms with Crippen LogP contribution in [0.25, 0.3) is 28.2 Å². The number of aromatic hydroxyl groups is 1. The molecule has 0 spiro atoms. The lowest BCUT2D eigenvalue weighted by Gasteiger charge is -2.09. The van der Waals surface area contributed by atoms with Gasteiger partial charge < -0.3 is 5.11 Å². The maximum Gasteiger partial charge on any atom is 0.155 e. The van der Waals surface area contributed by atoms with Crippen molar-refractivity contribution in [2.75, 3.05) is 0 Å².